The molecule has 0 atom stereocenters. The Bertz CT molecular complexity index is 1460. The normalized spacial score (nSPS) is 14.0. The number of hydrogen-bond acceptors (Lipinski definition) is 4. The van der Waals surface area contributed by atoms with E-state index in [4.69, 9.17) is 10.5 Å². The van der Waals surface area contributed by atoms with Gasteiger partial charge in [-0.25, -0.2) is 0 Å². The first kappa shape index (κ1) is 22.0. The van der Waals surface area contributed by atoms with Gasteiger partial charge in [0, 0.05) is 44.3 Å². The second-order valence-electron chi connectivity index (χ2n) is 8.63. The van der Waals surface area contributed by atoms with E-state index in [1.807, 2.05) is 49.4 Å². The first-order chi connectivity index (χ1) is 16.5. The van der Waals surface area contributed by atoms with E-state index >= 15 is 0 Å². The molecule has 4 aromatic rings. The number of para-hydroxylation sites is 1. The topological polar surface area (TPSA) is 113 Å². The van der Waals surface area contributed by atoms with Crippen molar-refractivity contribution >= 4 is 44.8 Å². The summed E-state index contributed by atoms with van der Waals surface area (Å²) < 4.78 is 5.84. The van der Waals surface area contributed by atoms with Crippen molar-refractivity contribution in [3.05, 3.63) is 65.0 Å². The number of ether oxygens (including phenoxy) is 1. The fraction of sp³-hybridized carbons (Fsp3) is 0.259. The highest BCUT2D eigenvalue weighted by molar-refractivity contribution is 6.51. The summed E-state index contributed by atoms with van der Waals surface area (Å²) in [6, 6.07) is 13.7. The maximum Gasteiger partial charge on any atom is 0.259 e. The summed E-state index contributed by atoms with van der Waals surface area (Å²) in [6.07, 6.45) is 2.35. The van der Waals surface area contributed by atoms with Gasteiger partial charge in [0.1, 0.15) is 5.75 Å². The maximum atomic E-state index is 13.3. The summed E-state index contributed by atoms with van der Waals surface area (Å²) in [4.78, 5) is 33.3. The number of benzene rings is 2. The molecule has 0 radical (unpaired) electrons. The molecule has 3 heterocycles. The van der Waals surface area contributed by atoms with Crippen molar-refractivity contribution < 1.29 is 14.3 Å². The average Bonchev–Trinajstić information content (AvgIpc) is 3.44. The van der Waals surface area contributed by atoms with Crippen LogP contribution in [0.4, 0.5) is 0 Å². The molecular weight excluding hydrogens is 428 g/mol. The van der Waals surface area contributed by atoms with Crippen LogP contribution < -0.4 is 15.8 Å². The van der Waals surface area contributed by atoms with Crippen molar-refractivity contribution in [1.29, 1.82) is 0 Å². The van der Waals surface area contributed by atoms with Gasteiger partial charge in [0.05, 0.1) is 17.8 Å². The molecule has 7 nitrogen and oxygen atoms in total. The summed E-state index contributed by atoms with van der Waals surface area (Å²) in [5.74, 6) is -0.0398. The molecule has 2 aromatic carbocycles. The van der Waals surface area contributed by atoms with E-state index in [9.17, 15) is 9.59 Å². The van der Waals surface area contributed by atoms with Gasteiger partial charge in [0.2, 0.25) is 0 Å². The first-order valence-electron chi connectivity index (χ1n) is 11.7. The molecule has 174 valence electrons. The largest absolute Gasteiger partial charge is 0.494 e. The number of imide groups is 1. The number of carbonyl (C=O) groups excluding carboxylic acids is 2. The van der Waals surface area contributed by atoms with Crippen LogP contribution in [0, 0.1) is 6.92 Å². The molecule has 1 aliphatic heterocycles. The summed E-state index contributed by atoms with van der Waals surface area (Å²) in [6.45, 7) is 5.12. The third-order valence-electron chi connectivity index (χ3n) is 6.28. The molecule has 0 aliphatic carbocycles. The number of rotatable bonds is 8. The van der Waals surface area contributed by atoms with E-state index in [0.717, 1.165) is 62.9 Å². The van der Waals surface area contributed by atoms with Crippen LogP contribution in [-0.4, -0.2) is 34.9 Å². The molecule has 0 saturated heterocycles. The van der Waals surface area contributed by atoms with Gasteiger partial charge in [-0.05, 0) is 57.0 Å². The Kier molecular flexibility index (Phi) is 5.71. The van der Waals surface area contributed by atoms with Gasteiger partial charge in [-0.3, -0.25) is 14.9 Å². The zero-order chi connectivity index (χ0) is 23.8. The molecule has 5 rings (SSSR count). The quantitative estimate of drug-likeness (QED) is 0.298. The molecule has 0 spiro atoms. The lowest BCUT2D eigenvalue weighted by Gasteiger charge is -2.09. The molecule has 0 fully saturated rings. The number of carbonyl (C=O) groups is 2. The molecule has 0 bridgehead atoms. The van der Waals surface area contributed by atoms with Gasteiger partial charge in [0.25, 0.3) is 11.8 Å². The third kappa shape index (κ3) is 3.58. The highest BCUT2D eigenvalue weighted by Gasteiger charge is 2.36. The van der Waals surface area contributed by atoms with Gasteiger partial charge in [-0.15, -0.1) is 0 Å². The number of nitrogens with one attached hydrogen (secondary N) is 3. The fourth-order valence-electron chi connectivity index (χ4n) is 4.82. The van der Waals surface area contributed by atoms with Crippen molar-refractivity contribution in [2.45, 2.75) is 33.1 Å². The molecule has 5 N–H and O–H groups in total. The molecule has 34 heavy (non-hydrogen) atoms. The first-order valence-corrected chi connectivity index (χ1v) is 11.7. The highest BCUT2D eigenvalue weighted by Crippen LogP contribution is 2.41. The van der Waals surface area contributed by atoms with Crippen LogP contribution in [0.1, 0.15) is 42.3 Å². The van der Waals surface area contributed by atoms with Crippen molar-refractivity contribution in [3.8, 4) is 5.75 Å². The standard InChI is InChI=1S/C27H28N4O3/c1-3-13-34-16-10-11-20-18(14-16)22(15(2)29-20)24-25(27(33)31-26(24)32)23-17-7-4-5-8-19(17)30-21(23)9-6-12-28/h4-5,7-8,10-11,14,29-30H,3,6,9,12-13,28H2,1-2H3,(H,31,32,33). The van der Waals surface area contributed by atoms with Crippen LogP contribution in [0.3, 0.4) is 0 Å². The summed E-state index contributed by atoms with van der Waals surface area (Å²) >= 11 is 0. The zero-order valence-corrected chi connectivity index (χ0v) is 19.4. The lowest BCUT2D eigenvalue weighted by Crippen LogP contribution is -2.23. The van der Waals surface area contributed by atoms with Gasteiger partial charge < -0.3 is 20.4 Å². The van der Waals surface area contributed by atoms with Crippen molar-refractivity contribution in [2.24, 2.45) is 5.73 Å². The monoisotopic (exact) mass is 456 g/mol. The lowest BCUT2D eigenvalue weighted by atomic mass is 9.92. The Morgan fingerprint density at radius 2 is 1.65 bits per heavy atom. The number of aryl methyl sites for hydroxylation is 2. The summed E-state index contributed by atoms with van der Waals surface area (Å²) in [5, 5.41) is 4.31. The lowest BCUT2D eigenvalue weighted by molar-refractivity contribution is -0.122. The molecule has 7 heteroatoms. The van der Waals surface area contributed by atoms with Crippen LogP contribution in [0.25, 0.3) is 33.0 Å². The van der Waals surface area contributed by atoms with Crippen LogP contribution in [-0.2, 0) is 16.0 Å². The third-order valence-corrected chi connectivity index (χ3v) is 6.28. The van der Waals surface area contributed by atoms with Gasteiger partial charge in [-0.1, -0.05) is 25.1 Å². The van der Waals surface area contributed by atoms with Gasteiger partial charge in [-0.2, -0.15) is 0 Å². The van der Waals surface area contributed by atoms with Crippen molar-refractivity contribution in [3.63, 3.8) is 0 Å². The second kappa shape index (κ2) is 8.83. The Morgan fingerprint density at radius 3 is 2.41 bits per heavy atom. The van der Waals surface area contributed by atoms with E-state index in [2.05, 4.69) is 22.2 Å². The van der Waals surface area contributed by atoms with E-state index in [1.165, 1.54) is 0 Å². The number of fused-ring (bicyclic) bond motifs is 2. The minimum atomic E-state index is -0.390. The number of H-pyrrole nitrogens is 2. The minimum absolute atomic E-state index is 0.383. The molecule has 2 aromatic heterocycles. The summed E-state index contributed by atoms with van der Waals surface area (Å²) in [7, 11) is 0. The molecule has 0 saturated carbocycles. The van der Waals surface area contributed by atoms with E-state index < -0.39 is 0 Å². The SMILES string of the molecule is CCCOc1ccc2[nH]c(C)c(C3=C(c4c(CCCN)[nH]c5ccccc45)C(=O)NC3=O)c2c1. The predicted octanol–water partition coefficient (Wildman–Crippen LogP) is 4.20. The molecule has 0 unspecified atom stereocenters. The van der Waals surface area contributed by atoms with E-state index in [-0.39, 0.29) is 11.8 Å². The molecular formula is C27H28N4O3. The Balaban J connectivity index is 1.79. The number of aromatic amines is 2. The average molecular weight is 457 g/mol. The predicted molar refractivity (Wildman–Crippen MR) is 134 cm³/mol. The van der Waals surface area contributed by atoms with Gasteiger partial charge >= 0.3 is 0 Å². The van der Waals surface area contributed by atoms with E-state index in [0.29, 0.717) is 30.7 Å². The maximum absolute atomic E-state index is 13.3. The van der Waals surface area contributed by atoms with E-state index in [1.54, 1.807) is 0 Å². The highest BCUT2D eigenvalue weighted by atomic mass is 16.5. The summed E-state index contributed by atoms with van der Waals surface area (Å²) in [5.41, 5.74) is 11.6. The minimum Gasteiger partial charge on any atom is -0.494 e. The Hall–Kier alpha value is -3.84. The number of hydrogen-bond donors (Lipinski definition) is 4. The fourth-order valence-corrected chi connectivity index (χ4v) is 4.82. The second-order valence-corrected chi connectivity index (χ2v) is 8.63. The Labute approximate surface area is 197 Å². The van der Waals surface area contributed by atoms with Crippen LogP contribution >= 0.6 is 0 Å². The Morgan fingerprint density at radius 1 is 0.912 bits per heavy atom. The molecule has 1 aliphatic rings. The number of aromatic nitrogens is 2. The van der Waals surface area contributed by atoms with Gasteiger partial charge in [0.15, 0.2) is 0 Å². The zero-order valence-electron chi connectivity index (χ0n) is 19.4. The van der Waals surface area contributed by atoms with Crippen molar-refractivity contribution in [2.75, 3.05) is 13.2 Å². The van der Waals surface area contributed by atoms with Crippen molar-refractivity contribution in [1.82, 2.24) is 15.3 Å². The molecule has 2 amide bonds. The smallest absolute Gasteiger partial charge is 0.259 e. The van der Waals surface area contributed by atoms with Crippen LogP contribution in [0.2, 0.25) is 0 Å². The van der Waals surface area contributed by atoms with Crippen LogP contribution in [0.5, 0.6) is 5.75 Å². The van der Waals surface area contributed by atoms with Crippen LogP contribution in [0.15, 0.2) is 42.5 Å². The number of amides is 2. The number of nitrogens with two attached hydrogens (primary N) is 1.